The van der Waals surface area contributed by atoms with Crippen LogP contribution in [0.15, 0.2) is 44.7 Å². The van der Waals surface area contributed by atoms with Crippen molar-refractivity contribution in [3.63, 3.8) is 0 Å². The summed E-state index contributed by atoms with van der Waals surface area (Å²) in [6, 6.07) is 7.88. The minimum Gasteiger partial charge on any atom is -0.442 e. The summed E-state index contributed by atoms with van der Waals surface area (Å²) >= 11 is 0. The topological polar surface area (TPSA) is 64.3 Å². The molecule has 4 nitrogen and oxygen atoms in total. The molecule has 0 fully saturated rings. The smallest absolute Gasteiger partial charge is 0.240 e. The van der Waals surface area contributed by atoms with Crippen molar-refractivity contribution in [2.75, 3.05) is 0 Å². The van der Waals surface area contributed by atoms with E-state index in [1.165, 1.54) is 12.1 Å². The predicted octanol–water partition coefficient (Wildman–Crippen LogP) is 2.54. The van der Waals surface area contributed by atoms with Gasteiger partial charge in [-0.05, 0) is 37.1 Å². The molecule has 1 heterocycles. The van der Waals surface area contributed by atoms with Crippen LogP contribution in [0.4, 0.5) is 0 Å². The highest BCUT2D eigenvalue weighted by Crippen LogP contribution is 2.27. The Morgan fingerprint density at radius 1 is 1.06 bits per heavy atom. The zero-order valence-corrected chi connectivity index (χ0v) is 10.8. The van der Waals surface area contributed by atoms with Crippen LogP contribution in [-0.2, 0) is 9.84 Å². The Hall–Kier alpha value is -1.88. The summed E-state index contributed by atoms with van der Waals surface area (Å²) in [6.07, 6.45) is 0.476. The third-order valence-corrected chi connectivity index (χ3v) is 4.59. The van der Waals surface area contributed by atoms with Gasteiger partial charge in [0.1, 0.15) is 0 Å². The third-order valence-electron chi connectivity index (χ3n) is 2.66. The number of aryl methyl sites for hydroxylation is 2. The van der Waals surface area contributed by atoms with Crippen molar-refractivity contribution in [2.24, 2.45) is 0 Å². The first-order valence-electron chi connectivity index (χ1n) is 5.33. The van der Waals surface area contributed by atoms with Gasteiger partial charge < -0.3 is 4.42 Å². The van der Waals surface area contributed by atoms with Crippen LogP contribution in [0, 0.1) is 13.8 Å². The van der Waals surface area contributed by atoms with Gasteiger partial charge in [0, 0.05) is 0 Å². The molecule has 0 saturated carbocycles. The number of rotatable bonds is 3. The Kier molecular flexibility index (Phi) is 3.09. The van der Waals surface area contributed by atoms with E-state index >= 15 is 0 Å². The summed E-state index contributed by atoms with van der Waals surface area (Å²) in [5, 5.41) is -0.206. The molecule has 0 amide bonds. The molecule has 1 aromatic carbocycles. The fraction of sp³-hybridized carbons (Fsp3) is 0.154. The van der Waals surface area contributed by atoms with E-state index in [9.17, 15) is 13.2 Å². The molecule has 0 atom stereocenters. The fourth-order valence-corrected chi connectivity index (χ4v) is 3.50. The number of hydrogen-bond donors (Lipinski definition) is 0. The number of carbonyl (C=O) groups is 1. The van der Waals surface area contributed by atoms with Gasteiger partial charge in [-0.15, -0.1) is 0 Å². The van der Waals surface area contributed by atoms with E-state index in [-0.39, 0.29) is 15.7 Å². The summed E-state index contributed by atoms with van der Waals surface area (Å²) in [4.78, 5) is 10.8. The van der Waals surface area contributed by atoms with Crippen molar-refractivity contribution in [2.45, 2.75) is 23.8 Å². The lowest BCUT2D eigenvalue weighted by atomic mass is 10.2. The highest BCUT2D eigenvalue weighted by Gasteiger charge is 2.25. The van der Waals surface area contributed by atoms with E-state index in [1.54, 1.807) is 32.0 Å². The van der Waals surface area contributed by atoms with Gasteiger partial charge in [-0.25, -0.2) is 8.42 Å². The van der Waals surface area contributed by atoms with Crippen molar-refractivity contribution in [3.8, 4) is 0 Å². The second-order valence-electron chi connectivity index (χ2n) is 4.00. The molecule has 0 N–H and O–H groups in total. The van der Waals surface area contributed by atoms with Gasteiger partial charge in [0.25, 0.3) is 0 Å². The van der Waals surface area contributed by atoms with Crippen LogP contribution in [0.3, 0.4) is 0 Å². The Morgan fingerprint density at radius 3 is 2.17 bits per heavy atom. The molecule has 1 aromatic heterocycles. The van der Waals surface area contributed by atoms with Gasteiger partial charge in [-0.2, -0.15) is 0 Å². The minimum atomic E-state index is -3.72. The highest BCUT2D eigenvalue weighted by atomic mass is 32.2. The van der Waals surface area contributed by atoms with E-state index in [4.69, 9.17) is 4.42 Å². The van der Waals surface area contributed by atoms with Crippen molar-refractivity contribution in [3.05, 3.63) is 47.2 Å². The number of furan rings is 1. The Morgan fingerprint density at radius 2 is 1.67 bits per heavy atom. The van der Waals surface area contributed by atoms with Crippen LogP contribution in [0.25, 0.3) is 0 Å². The number of carbonyl (C=O) groups excluding carboxylic acids is 1. The van der Waals surface area contributed by atoms with E-state index < -0.39 is 9.84 Å². The summed E-state index contributed by atoms with van der Waals surface area (Å²) in [5.41, 5.74) is 1.30. The summed E-state index contributed by atoms with van der Waals surface area (Å²) in [7, 11) is -3.72. The van der Waals surface area contributed by atoms with Crippen molar-refractivity contribution >= 4 is 16.1 Å². The Bertz CT molecular complexity index is 675. The second kappa shape index (κ2) is 4.42. The zero-order valence-electron chi connectivity index (χ0n) is 10.0. The molecule has 0 unspecified atom stereocenters. The molecule has 0 bridgehead atoms. The maximum Gasteiger partial charge on any atom is 0.240 e. The fourth-order valence-electron chi connectivity index (χ4n) is 1.87. The van der Waals surface area contributed by atoms with Gasteiger partial charge >= 0.3 is 0 Å². The largest absolute Gasteiger partial charge is 0.442 e. The number of hydrogen-bond acceptors (Lipinski definition) is 4. The zero-order chi connectivity index (χ0) is 13.3. The lowest BCUT2D eigenvalue weighted by Crippen LogP contribution is -2.05. The molecule has 5 heteroatoms. The normalized spacial score (nSPS) is 11.4. The molecule has 0 saturated heterocycles. The number of aldehydes is 1. The first-order valence-corrected chi connectivity index (χ1v) is 6.81. The minimum absolute atomic E-state index is 0.000174. The SMILES string of the molecule is Cc1cccc(C)c1S(=O)(=O)c1ccc(C=O)o1. The van der Waals surface area contributed by atoms with Crippen molar-refractivity contribution < 1.29 is 17.6 Å². The molecule has 0 spiro atoms. The standard InChI is InChI=1S/C13H12O4S/c1-9-4-3-5-10(2)13(9)18(15,16)12-7-6-11(8-14)17-12/h3-8H,1-2H3. The first kappa shape index (κ1) is 12.6. The van der Waals surface area contributed by atoms with Gasteiger partial charge in [0.05, 0.1) is 4.90 Å². The van der Waals surface area contributed by atoms with E-state index in [0.717, 1.165) is 0 Å². The lowest BCUT2D eigenvalue weighted by Gasteiger charge is -2.08. The van der Waals surface area contributed by atoms with Crippen LogP contribution in [0.1, 0.15) is 21.7 Å². The monoisotopic (exact) mass is 264 g/mol. The molecule has 18 heavy (non-hydrogen) atoms. The molecule has 2 rings (SSSR count). The van der Waals surface area contributed by atoms with Crippen molar-refractivity contribution in [1.82, 2.24) is 0 Å². The molecule has 0 aliphatic heterocycles. The average Bonchev–Trinajstić information content (AvgIpc) is 2.77. The molecular formula is C13H12O4S. The Balaban J connectivity index is 2.65. The third kappa shape index (κ3) is 1.97. The second-order valence-corrected chi connectivity index (χ2v) is 5.82. The average molecular weight is 264 g/mol. The molecule has 0 aliphatic rings. The van der Waals surface area contributed by atoms with E-state index in [2.05, 4.69) is 0 Å². The lowest BCUT2D eigenvalue weighted by molar-refractivity contribution is 0.109. The molecule has 2 aromatic rings. The quantitative estimate of drug-likeness (QED) is 0.799. The van der Waals surface area contributed by atoms with E-state index in [1.807, 2.05) is 0 Å². The summed E-state index contributed by atoms with van der Waals surface area (Å²) in [6.45, 7) is 3.45. The molecular weight excluding hydrogens is 252 g/mol. The van der Waals surface area contributed by atoms with Crippen molar-refractivity contribution in [1.29, 1.82) is 0 Å². The molecule has 0 radical (unpaired) electrons. The predicted molar refractivity (Wildman–Crippen MR) is 65.5 cm³/mol. The van der Waals surface area contributed by atoms with Gasteiger partial charge in [0.2, 0.25) is 14.9 Å². The van der Waals surface area contributed by atoms with Gasteiger partial charge in [-0.3, -0.25) is 4.79 Å². The van der Waals surface area contributed by atoms with Gasteiger partial charge in [-0.1, -0.05) is 18.2 Å². The van der Waals surface area contributed by atoms with Crippen LogP contribution < -0.4 is 0 Å². The van der Waals surface area contributed by atoms with Crippen LogP contribution in [0.5, 0.6) is 0 Å². The van der Waals surface area contributed by atoms with Gasteiger partial charge in [0.15, 0.2) is 12.0 Å². The number of benzene rings is 1. The van der Waals surface area contributed by atoms with E-state index in [0.29, 0.717) is 17.4 Å². The van der Waals surface area contributed by atoms with Crippen LogP contribution in [0.2, 0.25) is 0 Å². The maximum atomic E-state index is 12.4. The van der Waals surface area contributed by atoms with Crippen LogP contribution >= 0.6 is 0 Å². The first-order chi connectivity index (χ1) is 8.46. The van der Waals surface area contributed by atoms with Crippen LogP contribution in [-0.4, -0.2) is 14.7 Å². The maximum absolute atomic E-state index is 12.4. The number of sulfone groups is 1. The molecule has 94 valence electrons. The summed E-state index contributed by atoms with van der Waals surface area (Å²) < 4.78 is 29.8. The summed E-state index contributed by atoms with van der Waals surface area (Å²) in [5.74, 6) is -0.000174. The Labute approximate surface area is 105 Å². The molecule has 0 aliphatic carbocycles. The highest BCUT2D eigenvalue weighted by molar-refractivity contribution is 7.91.